The molecule has 0 aliphatic heterocycles. The van der Waals surface area contributed by atoms with E-state index in [1.54, 1.807) is 31.2 Å². The molecule has 1 aromatic heterocycles. The van der Waals surface area contributed by atoms with Crippen LogP contribution in [0.4, 0.5) is 0 Å². The van der Waals surface area contributed by atoms with Crippen molar-refractivity contribution in [1.29, 1.82) is 0 Å². The monoisotopic (exact) mass is 419 g/mol. The van der Waals surface area contributed by atoms with E-state index in [-0.39, 0.29) is 17.5 Å². The molecular weight excluding hydrogens is 394 g/mol. The van der Waals surface area contributed by atoms with Gasteiger partial charge in [-0.2, -0.15) is 0 Å². The van der Waals surface area contributed by atoms with Crippen molar-refractivity contribution in [2.45, 2.75) is 36.5 Å². The highest BCUT2D eigenvalue weighted by Crippen LogP contribution is 2.29. The van der Waals surface area contributed by atoms with Crippen LogP contribution in [0.5, 0.6) is 5.75 Å². The molecule has 2 rings (SSSR count). The van der Waals surface area contributed by atoms with E-state index in [1.165, 1.54) is 31.6 Å². The molecule has 1 aromatic carbocycles. The van der Waals surface area contributed by atoms with Gasteiger partial charge in [0.15, 0.2) is 9.84 Å². The first kappa shape index (κ1) is 22.4. The minimum absolute atomic E-state index is 0.0745. The average molecular weight is 420 g/mol. The first-order chi connectivity index (χ1) is 13.8. The van der Waals surface area contributed by atoms with Crippen LogP contribution in [-0.4, -0.2) is 44.9 Å². The van der Waals surface area contributed by atoms with Gasteiger partial charge in [-0.05, 0) is 49.2 Å². The van der Waals surface area contributed by atoms with Gasteiger partial charge in [0, 0.05) is 25.0 Å². The highest BCUT2D eigenvalue weighted by Gasteiger charge is 2.30. The lowest BCUT2D eigenvalue weighted by Gasteiger charge is -2.19. The van der Waals surface area contributed by atoms with Crippen LogP contribution in [0.15, 0.2) is 53.7 Å². The third kappa shape index (κ3) is 5.77. The molecule has 0 unspecified atom stereocenters. The number of hydrogen-bond acceptors (Lipinski definition) is 6. The number of amides is 2. The summed E-state index contributed by atoms with van der Waals surface area (Å²) in [6.07, 6.45) is 3.62. The van der Waals surface area contributed by atoms with Crippen molar-refractivity contribution < 1.29 is 22.7 Å². The van der Waals surface area contributed by atoms with Crippen molar-refractivity contribution in [3.63, 3.8) is 0 Å². The number of nitrogens with zero attached hydrogens (tertiary/aromatic N) is 1. The van der Waals surface area contributed by atoms with E-state index >= 15 is 0 Å². The molecule has 156 valence electrons. The van der Waals surface area contributed by atoms with E-state index in [9.17, 15) is 18.0 Å². The molecule has 2 N–H and O–H groups in total. The number of carbonyl (C=O) groups excluding carboxylic acids is 2. The van der Waals surface area contributed by atoms with Crippen LogP contribution >= 0.6 is 0 Å². The first-order valence-electron chi connectivity index (χ1n) is 9.16. The summed E-state index contributed by atoms with van der Waals surface area (Å²) in [5.74, 6) is -1.16. The van der Waals surface area contributed by atoms with E-state index in [0.29, 0.717) is 17.7 Å². The Labute approximate surface area is 170 Å². The number of sulfone groups is 1. The largest absolute Gasteiger partial charge is 0.497 e. The second-order valence-electron chi connectivity index (χ2n) is 6.49. The quantitative estimate of drug-likeness (QED) is 0.629. The van der Waals surface area contributed by atoms with Crippen molar-refractivity contribution in [1.82, 2.24) is 15.6 Å². The van der Waals surface area contributed by atoms with Gasteiger partial charge in [0.05, 0.1) is 12.0 Å². The van der Waals surface area contributed by atoms with Crippen molar-refractivity contribution in [3.05, 3.63) is 54.4 Å². The van der Waals surface area contributed by atoms with E-state index in [0.717, 1.165) is 0 Å². The molecular formula is C20H25N3O5S. The molecule has 0 saturated carbocycles. The molecule has 0 saturated heterocycles. The van der Waals surface area contributed by atoms with Crippen LogP contribution in [-0.2, 0) is 19.4 Å². The summed E-state index contributed by atoms with van der Waals surface area (Å²) in [5, 5.41) is 3.87. The van der Waals surface area contributed by atoms with Gasteiger partial charge >= 0.3 is 11.8 Å². The van der Waals surface area contributed by atoms with Crippen LogP contribution in [0.3, 0.4) is 0 Å². The number of pyridine rings is 1. The van der Waals surface area contributed by atoms with Gasteiger partial charge in [0.25, 0.3) is 0 Å². The predicted molar refractivity (Wildman–Crippen MR) is 108 cm³/mol. The molecule has 2 amide bonds. The van der Waals surface area contributed by atoms with Gasteiger partial charge in [-0.1, -0.05) is 13.0 Å². The Balaban J connectivity index is 2.26. The summed E-state index contributed by atoms with van der Waals surface area (Å²) in [5.41, 5.74) is 0.408. The number of hydrogen-bond donors (Lipinski definition) is 2. The number of rotatable bonds is 8. The van der Waals surface area contributed by atoms with Crippen molar-refractivity contribution in [2.75, 3.05) is 13.7 Å². The number of ether oxygens (including phenoxy) is 1. The molecule has 0 aliphatic rings. The number of benzene rings is 1. The third-order valence-corrected chi connectivity index (χ3v) is 6.58. The Morgan fingerprint density at radius 1 is 1.14 bits per heavy atom. The van der Waals surface area contributed by atoms with Crippen LogP contribution in [0.2, 0.25) is 0 Å². The molecule has 1 heterocycles. The molecule has 0 aliphatic carbocycles. The summed E-state index contributed by atoms with van der Waals surface area (Å²) >= 11 is 0. The van der Waals surface area contributed by atoms with Crippen molar-refractivity contribution >= 4 is 21.7 Å². The maximum atomic E-state index is 13.2. The fourth-order valence-corrected chi connectivity index (χ4v) is 4.20. The van der Waals surface area contributed by atoms with Gasteiger partial charge < -0.3 is 15.4 Å². The Bertz CT molecular complexity index is 930. The van der Waals surface area contributed by atoms with Gasteiger partial charge in [0.2, 0.25) is 0 Å². The molecule has 0 fully saturated rings. The Kier molecular flexibility index (Phi) is 7.72. The maximum Gasteiger partial charge on any atom is 0.309 e. The number of carbonyl (C=O) groups is 2. The second-order valence-corrected chi connectivity index (χ2v) is 8.62. The van der Waals surface area contributed by atoms with Crippen LogP contribution in [0, 0.1) is 0 Å². The summed E-state index contributed by atoms with van der Waals surface area (Å²) in [4.78, 5) is 28.1. The minimum Gasteiger partial charge on any atom is -0.497 e. The standard InChI is InChI=1S/C20H25N3O5S/c1-4-14(2)23-20(25)19(24)22-13-18(15-6-5-11-21-12-15)29(26,27)17-9-7-16(28-3)8-10-17/h5-12,14,18H,4,13H2,1-3H3,(H,22,24)(H,23,25)/t14-,18+/m1/s1. The van der Waals surface area contributed by atoms with E-state index in [4.69, 9.17) is 4.74 Å². The summed E-state index contributed by atoms with van der Waals surface area (Å²) in [6.45, 7) is 3.38. The zero-order chi connectivity index (χ0) is 21.4. The van der Waals surface area contributed by atoms with Crippen LogP contribution in [0.1, 0.15) is 31.1 Å². The topological polar surface area (TPSA) is 114 Å². The first-order valence-corrected chi connectivity index (χ1v) is 10.7. The molecule has 0 bridgehead atoms. The number of methoxy groups -OCH3 is 1. The zero-order valence-electron chi connectivity index (χ0n) is 16.6. The lowest BCUT2D eigenvalue weighted by atomic mass is 10.2. The second kappa shape index (κ2) is 10.0. The summed E-state index contributed by atoms with van der Waals surface area (Å²) in [7, 11) is -2.38. The lowest BCUT2D eigenvalue weighted by Crippen LogP contribution is -2.45. The lowest BCUT2D eigenvalue weighted by molar-refractivity contribution is -0.139. The van der Waals surface area contributed by atoms with Crippen molar-refractivity contribution in [2.24, 2.45) is 0 Å². The number of nitrogens with one attached hydrogen (secondary N) is 2. The Morgan fingerprint density at radius 3 is 2.38 bits per heavy atom. The van der Waals surface area contributed by atoms with Crippen LogP contribution in [0.25, 0.3) is 0 Å². The van der Waals surface area contributed by atoms with Gasteiger partial charge in [-0.15, -0.1) is 0 Å². The summed E-state index contributed by atoms with van der Waals surface area (Å²) in [6, 6.07) is 9.04. The third-order valence-electron chi connectivity index (χ3n) is 4.46. The van der Waals surface area contributed by atoms with E-state index < -0.39 is 26.9 Å². The molecule has 0 radical (unpaired) electrons. The normalized spacial score (nSPS) is 13.2. The van der Waals surface area contributed by atoms with Crippen molar-refractivity contribution in [3.8, 4) is 5.75 Å². The maximum absolute atomic E-state index is 13.2. The summed E-state index contributed by atoms with van der Waals surface area (Å²) < 4.78 is 31.5. The predicted octanol–water partition coefficient (Wildman–Crippen LogP) is 1.64. The van der Waals surface area contributed by atoms with Gasteiger partial charge in [-0.3, -0.25) is 14.6 Å². The Morgan fingerprint density at radius 2 is 1.83 bits per heavy atom. The smallest absolute Gasteiger partial charge is 0.309 e. The Hall–Kier alpha value is -2.94. The fourth-order valence-electron chi connectivity index (χ4n) is 2.56. The highest BCUT2D eigenvalue weighted by molar-refractivity contribution is 7.91. The van der Waals surface area contributed by atoms with Gasteiger partial charge in [0.1, 0.15) is 11.0 Å². The SMILES string of the molecule is CC[C@@H](C)NC(=O)C(=O)NC[C@@H](c1cccnc1)S(=O)(=O)c1ccc(OC)cc1. The van der Waals surface area contributed by atoms with E-state index in [1.807, 2.05) is 6.92 Å². The molecule has 2 aromatic rings. The zero-order valence-corrected chi connectivity index (χ0v) is 17.4. The molecule has 9 heteroatoms. The molecule has 0 spiro atoms. The molecule has 2 atom stereocenters. The van der Waals surface area contributed by atoms with E-state index in [2.05, 4.69) is 15.6 Å². The van der Waals surface area contributed by atoms with Gasteiger partial charge in [-0.25, -0.2) is 8.42 Å². The fraction of sp³-hybridized carbons (Fsp3) is 0.350. The molecule has 29 heavy (non-hydrogen) atoms. The average Bonchev–Trinajstić information content (AvgIpc) is 2.74. The minimum atomic E-state index is -3.87. The van der Waals surface area contributed by atoms with Crippen LogP contribution < -0.4 is 15.4 Å². The number of aromatic nitrogens is 1. The molecule has 8 nitrogen and oxygen atoms in total. The highest BCUT2D eigenvalue weighted by atomic mass is 32.2.